The topological polar surface area (TPSA) is 92.4 Å². The van der Waals surface area contributed by atoms with Crippen molar-refractivity contribution in [1.82, 2.24) is 0 Å². The van der Waals surface area contributed by atoms with E-state index in [0.29, 0.717) is 18.7 Å². The average molecular weight is 313 g/mol. The summed E-state index contributed by atoms with van der Waals surface area (Å²) in [6, 6.07) is 4.74. The molecule has 6 heteroatoms. The summed E-state index contributed by atoms with van der Waals surface area (Å²) in [6.07, 6.45) is 0.558. The lowest BCUT2D eigenvalue weighted by Crippen LogP contribution is -2.27. The second-order valence-electron chi connectivity index (χ2n) is 6.24. The number of hydrogen-bond acceptors (Lipinski definition) is 3. The highest BCUT2D eigenvalue weighted by Crippen LogP contribution is 2.26. The zero-order valence-electron chi connectivity index (χ0n) is 12.4. The molecule has 1 aromatic rings. The molecule has 0 spiro atoms. The van der Waals surface area contributed by atoms with E-state index < -0.39 is 17.8 Å². The van der Waals surface area contributed by atoms with E-state index in [9.17, 15) is 14.7 Å². The SMILES string of the molecule is CC(C)(C)CC(CNc1ccc(C(N)=O)c(Cl)c1)C(=O)O. The number of primary amides is 1. The van der Waals surface area contributed by atoms with Gasteiger partial charge in [0.2, 0.25) is 5.91 Å². The number of carbonyl (C=O) groups is 2. The molecule has 21 heavy (non-hydrogen) atoms. The normalized spacial score (nSPS) is 12.8. The van der Waals surface area contributed by atoms with Crippen molar-refractivity contribution >= 4 is 29.2 Å². The van der Waals surface area contributed by atoms with E-state index in [2.05, 4.69) is 5.32 Å². The quantitative estimate of drug-likeness (QED) is 0.753. The number of halogens is 1. The molecule has 0 saturated carbocycles. The molecule has 0 aliphatic carbocycles. The lowest BCUT2D eigenvalue weighted by molar-refractivity contribution is -0.142. The molecule has 1 rings (SSSR count). The first-order valence-electron chi connectivity index (χ1n) is 6.66. The van der Waals surface area contributed by atoms with Crippen molar-refractivity contribution in [2.24, 2.45) is 17.1 Å². The summed E-state index contributed by atoms with van der Waals surface area (Å²) in [5.41, 5.74) is 6.00. The second kappa shape index (κ2) is 6.80. The standard InChI is InChI=1S/C15H21ClN2O3/c1-15(2,3)7-9(14(20)21)8-18-10-4-5-11(13(17)19)12(16)6-10/h4-6,9,18H,7-8H2,1-3H3,(H2,17,19)(H,20,21). The van der Waals surface area contributed by atoms with Crippen LogP contribution in [0.1, 0.15) is 37.6 Å². The van der Waals surface area contributed by atoms with Crippen molar-refractivity contribution < 1.29 is 14.7 Å². The molecule has 0 fully saturated rings. The van der Waals surface area contributed by atoms with Gasteiger partial charge >= 0.3 is 5.97 Å². The Kier molecular flexibility index (Phi) is 5.61. The van der Waals surface area contributed by atoms with Crippen molar-refractivity contribution in [2.45, 2.75) is 27.2 Å². The highest BCUT2D eigenvalue weighted by molar-refractivity contribution is 6.34. The fourth-order valence-electron chi connectivity index (χ4n) is 2.05. The van der Waals surface area contributed by atoms with Crippen LogP contribution in [0.25, 0.3) is 0 Å². The number of carbonyl (C=O) groups excluding carboxylic acids is 1. The smallest absolute Gasteiger partial charge is 0.308 e. The van der Waals surface area contributed by atoms with E-state index in [4.69, 9.17) is 17.3 Å². The number of nitrogens with two attached hydrogens (primary N) is 1. The van der Waals surface area contributed by atoms with E-state index in [-0.39, 0.29) is 16.0 Å². The summed E-state index contributed by atoms with van der Waals surface area (Å²) in [5, 5.41) is 12.5. The molecule has 0 radical (unpaired) electrons. The number of hydrogen-bond donors (Lipinski definition) is 3. The minimum atomic E-state index is -0.836. The Morgan fingerprint density at radius 2 is 2.00 bits per heavy atom. The van der Waals surface area contributed by atoms with E-state index >= 15 is 0 Å². The van der Waals surface area contributed by atoms with Crippen LogP contribution in [0.5, 0.6) is 0 Å². The molecule has 1 atom stereocenters. The van der Waals surface area contributed by atoms with Gasteiger partial charge in [-0.05, 0) is 30.0 Å². The van der Waals surface area contributed by atoms with Crippen LogP contribution in [0.2, 0.25) is 5.02 Å². The number of nitrogens with one attached hydrogen (secondary N) is 1. The molecule has 5 nitrogen and oxygen atoms in total. The third-order valence-electron chi connectivity index (χ3n) is 3.00. The third kappa shape index (κ3) is 5.63. The monoisotopic (exact) mass is 312 g/mol. The van der Waals surface area contributed by atoms with Crippen molar-refractivity contribution in [3.8, 4) is 0 Å². The van der Waals surface area contributed by atoms with Gasteiger partial charge in [-0.3, -0.25) is 9.59 Å². The Morgan fingerprint density at radius 1 is 1.38 bits per heavy atom. The maximum Gasteiger partial charge on any atom is 0.308 e. The van der Waals surface area contributed by atoms with Gasteiger partial charge in [-0.2, -0.15) is 0 Å². The van der Waals surface area contributed by atoms with Gasteiger partial charge in [0.15, 0.2) is 0 Å². The zero-order chi connectivity index (χ0) is 16.2. The Labute approximate surface area is 129 Å². The molecular formula is C15H21ClN2O3. The van der Waals surface area contributed by atoms with Gasteiger partial charge in [0.05, 0.1) is 16.5 Å². The molecule has 0 aromatic heterocycles. The van der Waals surface area contributed by atoms with Crippen LogP contribution in [0.3, 0.4) is 0 Å². The minimum Gasteiger partial charge on any atom is -0.481 e. The van der Waals surface area contributed by atoms with Crippen LogP contribution in [0.15, 0.2) is 18.2 Å². The van der Waals surface area contributed by atoms with Crippen LogP contribution < -0.4 is 11.1 Å². The Bertz CT molecular complexity index is 538. The first kappa shape index (κ1) is 17.3. The molecule has 1 unspecified atom stereocenters. The molecular weight excluding hydrogens is 292 g/mol. The fourth-order valence-corrected chi connectivity index (χ4v) is 2.33. The largest absolute Gasteiger partial charge is 0.481 e. The van der Waals surface area contributed by atoms with Crippen LogP contribution in [-0.4, -0.2) is 23.5 Å². The maximum atomic E-state index is 11.3. The third-order valence-corrected chi connectivity index (χ3v) is 3.31. The molecule has 4 N–H and O–H groups in total. The predicted molar refractivity (Wildman–Crippen MR) is 83.7 cm³/mol. The summed E-state index contributed by atoms with van der Waals surface area (Å²) in [4.78, 5) is 22.4. The van der Waals surface area contributed by atoms with Crippen LogP contribution in [0.4, 0.5) is 5.69 Å². The van der Waals surface area contributed by atoms with Crippen molar-refractivity contribution in [3.63, 3.8) is 0 Å². The Balaban J connectivity index is 2.75. The van der Waals surface area contributed by atoms with E-state index in [0.717, 1.165) is 0 Å². The number of amides is 1. The molecule has 1 aromatic carbocycles. The molecule has 0 bridgehead atoms. The Hall–Kier alpha value is -1.75. The van der Waals surface area contributed by atoms with Gasteiger partial charge in [-0.25, -0.2) is 0 Å². The van der Waals surface area contributed by atoms with Crippen LogP contribution in [0, 0.1) is 11.3 Å². The van der Waals surface area contributed by atoms with Gasteiger partial charge in [0.1, 0.15) is 0 Å². The molecule has 0 aliphatic heterocycles. The molecule has 0 saturated heterocycles. The summed E-state index contributed by atoms with van der Waals surface area (Å²) in [7, 11) is 0. The Morgan fingerprint density at radius 3 is 2.43 bits per heavy atom. The molecule has 116 valence electrons. The summed E-state index contributed by atoms with van der Waals surface area (Å²) < 4.78 is 0. The van der Waals surface area contributed by atoms with Crippen LogP contribution >= 0.6 is 11.6 Å². The van der Waals surface area contributed by atoms with Crippen molar-refractivity contribution in [2.75, 3.05) is 11.9 Å². The number of anilines is 1. The van der Waals surface area contributed by atoms with Crippen molar-refractivity contribution in [3.05, 3.63) is 28.8 Å². The fraction of sp³-hybridized carbons (Fsp3) is 0.467. The summed E-state index contributed by atoms with van der Waals surface area (Å²) in [6.45, 7) is 6.29. The minimum absolute atomic E-state index is 0.0712. The number of aliphatic carboxylic acids is 1. The maximum absolute atomic E-state index is 11.3. The summed E-state index contributed by atoms with van der Waals surface area (Å²) >= 11 is 5.95. The first-order valence-corrected chi connectivity index (χ1v) is 7.04. The van der Waals surface area contributed by atoms with Gasteiger partial charge in [0, 0.05) is 12.2 Å². The molecule has 0 aliphatic rings. The number of benzene rings is 1. The van der Waals surface area contributed by atoms with Gasteiger partial charge in [0.25, 0.3) is 0 Å². The number of carboxylic acids is 1. The van der Waals surface area contributed by atoms with Crippen molar-refractivity contribution in [1.29, 1.82) is 0 Å². The zero-order valence-corrected chi connectivity index (χ0v) is 13.2. The van der Waals surface area contributed by atoms with Gasteiger partial charge in [-0.15, -0.1) is 0 Å². The van der Waals surface area contributed by atoms with E-state index in [1.165, 1.54) is 6.07 Å². The average Bonchev–Trinajstić information content (AvgIpc) is 2.32. The molecule has 0 heterocycles. The number of rotatable bonds is 6. The van der Waals surface area contributed by atoms with E-state index in [1.807, 2.05) is 20.8 Å². The van der Waals surface area contributed by atoms with E-state index in [1.54, 1.807) is 12.1 Å². The predicted octanol–water partition coefficient (Wildman–Crippen LogP) is 2.99. The van der Waals surface area contributed by atoms with Gasteiger partial charge < -0.3 is 16.2 Å². The van der Waals surface area contributed by atoms with Gasteiger partial charge in [-0.1, -0.05) is 32.4 Å². The molecule has 1 amide bonds. The second-order valence-corrected chi connectivity index (χ2v) is 6.65. The summed E-state index contributed by atoms with van der Waals surface area (Å²) in [5.74, 6) is -1.93. The highest BCUT2D eigenvalue weighted by Gasteiger charge is 2.24. The number of carboxylic acid groups (broad SMARTS) is 1. The van der Waals surface area contributed by atoms with Crippen LogP contribution in [-0.2, 0) is 4.79 Å². The first-order chi connectivity index (χ1) is 9.60. The lowest BCUT2D eigenvalue weighted by Gasteiger charge is -2.23. The highest BCUT2D eigenvalue weighted by atomic mass is 35.5. The lowest BCUT2D eigenvalue weighted by atomic mass is 9.84.